The Morgan fingerprint density at radius 2 is 1.63 bits per heavy atom. The standard InChI is InChI=1S/C20H30N2O5/c1-18(2,3)26-16(24)21-20(13-23,14-10-8-7-9-11-14)15-12-22(15)17(25)27-19(4,5)6/h7-11,15,23H,12-13H2,1-6H3,(H,21,24). The molecule has 7 heteroatoms. The SMILES string of the molecule is CC(C)(C)OC(=O)NC(CO)(c1ccccc1)C1CN1C(=O)OC(C)(C)C. The molecule has 0 spiro atoms. The quantitative estimate of drug-likeness (QED) is 0.787. The summed E-state index contributed by atoms with van der Waals surface area (Å²) < 4.78 is 10.8. The second-order valence-corrected chi connectivity index (χ2v) is 8.77. The number of alkyl carbamates (subject to hydrolysis) is 1. The van der Waals surface area contributed by atoms with E-state index in [4.69, 9.17) is 9.47 Å². The van der Waals surface area contributed by atoms with E-state index in [1.54, 1.807) is 53.7 Å². The lowest BCUT2D eigenvalue weighted by atomic mass is 9.87. The summed E-state index contributed by atoms with van der Waals surface area (Å²) in [5, 5.41) is 13.1. The summed E-state index contributed by atoms with van der Waals surface area (Å²) in [6.45, 7) is 10.6. The van der Waals surface area contributed by atoms with Crippen LogP contribution in [0.5, 0.6) is 0 Å². The zero-order chi connectivity index (χ0) is 20.5. The minimum atomic E-state index is -1.18. The zero-order valence-corrected chi connectivity index (χ0v) is 16.9. The molecule has 2 unspecified atom stereocenters. The second kappa shape index (κ2) is 7.38. The van der Waals surface area contributed by atoms with E-state index >= 15 is 0 Å². The van der Waals surface area contributed by atoms with E-state index in [0.717, 1.165) is 0 Å². The number of nitrogens with zero attached hydrogens (tertiary/aromatic N) is 1. The molecule has 0 saturated carbocycles. The van der Waals surface area contributed by atoms with Crippen LogP contribution in [0.15, 0.2) is 30.3 Å². The van der Waals surface area contributed by atoms with Gasteiger partial charge in [-0.15, -0.1) is 0 Å². The normalized spacial score (nSPS) is 19.1. The smallest absolute Gasteiger partial charge is 0.410 e. The molecule has 1 aliphatic rings. The van der Waals surface area contributed by atoms with E-state index in [0.29, 0.717) is 12.1 Å². The molecule has 1 aliphatic heterocycles. The molecule has 1 aromatic rings. The van der Waals surface area contributed by atoms with E-state index in [9.17, 15) is 14.7 Å². The van der Waals surface area contributed by atoms with Gasteiger partial charge in [0.25, 0.3) is 0 Å². The fourth-order valence-corrected chi connectivity index (χ4v) is 2.89. The van der Waals surface area contributed by atoms with Crippen LogP contribution in [-0.2, 0) is 15.0 Å². The molecule has 27 heavy (non-hydrogen) atoms. The van der Waals surface area contributed by atoms with E-state index in [-0.39, 0.29) is 6.61 Å². The van der Waals surface area contributed by atoms with Crippen molar-refractivity contribution in [3.8, 4) is 0 Å². The molecule has 1 saturated heterocycles. The summed E-state index contributed by atoms with van der Waals surface area (Å²) in [4.78, 5) is 26.4. The molecule has 7 nitrogen and oxygen atoms in total. The Bertz CT molecular complexity index is 678. The summed E-state index contributed by atoms with van der Waals surface area (Å²) in [6.07, 6.45) is -1.14. The first-order valence-electron chi connectivity index (χ1n) is 9.05. The highest BCUT2D eigenvalue weighted by Gasteiger charge is 2.56. The minimum absolute atomic E-state index is 0.361. The number of benzene rings is 1. The van der Waals surface area contributed by atoms with Crippen molar-refractivity contribution < 1.29 is 24.2 Å². The Labute approximate surface area is 160 Å². The van der Waals surface area contributed by atoms with Gasteiger partial charge in [-0.1, -0.05) is 30.3 Å². The number of amides is 2. The Balaban J connectivity index is 2.29. The van der Waals surface area contributed by atoms with E-state index < -0.39 is 35.0 Å². The third-order valence-electron chi connectivity index (χ3n) is 4.07. The number of nitrogens with one attached hydrogen (secondary N) is 1. The van der Waals surface area contributed by atoms with Gasteiger partial charge in [0, 0.05) is 6.54 Å². The van der Waals surface area contributed by atoms with Crippen molar-refractivity contribution in [2.75, 3.05) is 13.2 Å². The van der Waals surface area contributed by atoms with Crippen LogP contribution in [0.2, 0.25) is 0 Å². The molecular weight excluding hydrogens is 348 g/mol. The zero-order valence-electron chi connectivity index (χ0n) is 16.9. The fourth-order valence-electron chi connectivity index (χ4n) is 2.89. The van der Waals surface area contributed by atoms with Crippen LogP contribution < -0.4 is 5.32 Å². The van der Waals surface area contributed by atoms with Crippen molar-refractivity contribution >= 4 is 12.2 Å². The lowest BCUT2D eigenvalue weighted by Crippen LogP contribution is -2.55. The van der Waals surface area contributed by atoms with E-state index in [1.807, 2.05) is 18.2 Å². The minimum Gasteiger partial charge on any atom is -0.444 e. The van der Waals surface area contributed by atoms with Crippen molar-refractivity contribution in [3.05, 3.63) is 35.9 Å². The molecule has 2 amide bonds. The van der Waals surface area contributed by atoms with Crippen LogP contribution in [0.3, 0.4) is 0 Å². The molecule has 1 aromatic carbocycles. The average molecular weight is 378 g/mol. The predicted molar refractivity (Wildman–Crippen MR) is 101 cm³/mol. The topological polar surface area (TPSA) is 87.9 Å². The summed E-state index contributed by atoms with van der Waals surface area (Å²) >= 11 is 0. The van der Waals surface area contributed by atoms with Gasteiger partial charge in [-0.25, -0.2) is 9.59 Å². The maximum absolute atomic E-state index is 12.5. The number of ether oxygens (including phenoxy) is 2. The van der Waals surface area contributed by atoms with Gasteiger partial charge >= 0.3 is 12.2 Å². The lowest BCUT2D eigenvalue weighted by Gasteiger charge is -2.34. The van der Waals surface area contributed by atoms with E-state index in [2.05, 4.69) is 5.32 Å². The highest BCUT2D eigenvalue weighted by Crippen LogP contribution is 2.38. The first kappa shape index (κ1) is 21.0. The van der Waals surface area contributed by atoms with Gasteiger partial charge in [0.2, 0.25) is 0 Å². The monoisotopic (exact) mass is 378 g/mol. The van der Waals surface area contributed by atoms with Crippen LogP contribution in [0.4, 0.5) is 9.59 Å². The molecule has 1 heterocycles. The summed E-state index contributed by atoms with van der Waals surface area (Å²) in [6, 6.07) is 8.65. The molecule has 0 radical (unpaired) electrons. The van der Waals surface area contributed by atoms with Crippen molar-refractivity contribution in [1.82, 2.24) is 10.2 Å². The Kier molecular flexibility index (Phi) is 5.75. The van der Waals surface area contributed by atoms with Crippen LogP contribution >= 0.6 is 0 Å². The highest BCUT2D eigenvalue weighted by atomic mass is 16.6. The molecular formula is C20H30N2O5. The number of aliphatic hydroxyl groups is 1. The van der Waals surface area contributed by atoms with Crippen molar-refractivity contribution in [1.29, 1.82) is 0 Å². The van der Waals surface area contributed by atoms with Gasteiger partial charge in [-0.2, -0.15) is 0 Å². The van der Waals surface area contributed by atoms with Crippen molar-refractivity contribution in [2.45, 2.75) is 64.3 Å². The fraction of sp³-hybridized carbons (Fsp3) is 0.600. The highest BCUT2D eigenvalue weighted by molar-refractivity contribution is 5.74. The number of hydrogen-bond acceptors (Lipinski definition) is 5. The van der Waals surface area contributed by atoms with Crippen molar-refractivity contribution in [2.24, 2.45) is 0 Å². The van der Waals surface area contributed by atoms with Crippen LogP contribution in [0.1, 0.15) is 47.1 Å². The number of rotatable bonds is 4. The Hall–Kier alpha value is -2.28. The summed E-state index contributed by atoms with van der Waals surface area (Å²) in [5.74, 6) is 0. The molecule has 2 atom stereocenters. The van der Waals surface area contributed by atoms with Crippen LogP contribution in [0, 0.1) is 0 Å². The third-order valence-corrected chi connectivity index (χ3v) is 4.07. The number of hydrogen-bond donors (Lipinski definition) is 2. The number of carbonyl (C=O) groups is 2. The summed E-state index contributed by atoms with van der Waals surface area (Å²) in [7, 11) is 0. The van der Waals surface area contributed by atoms with Gasteiger partial charge in [0.1, 0.15) is 16.7 Å². The van der Waals surface area contributed by atoms with Crippen LogP contribution in [0.25, 0.3) is 0 Å². The molecule has 0 bridgehead atoms. The molecule has 2 N–H and O–H groups in total. The maximum atomic E-state index is 12.5. The van der Waals surface area contributed by atoms with Gasteiger partial charge < -0.3 is 19.9 Å². The molecule has 0 aliphatic carbocycles. The average Bonchev–Trinajstić information content (AvgIpc) is 3.31. The number of aliphatic hydroxyl groups excluding tert-OH is 1. The second-order valence-electron chi connectivity index (χ2n) is 8.77. The molecule has 2 rings (SSSR count). The van der Waals surface area contributed by atoms with E-state index in [1.165, 1.54) is 4.90 Å². The summed E-state index contributed by atoms with van der Waals surface area (Å²) in [5.41, 5.74) is -1.80. The Morgan fingerprint density at radius 1 is 1.07 bits per heavy atom. The van der Waals surface area contributed by atoms with Crippen molar-refractivity contribution in [3.63, 3.8) is 0 Å². The number of carbonyl (C=O) groups excluding carboxylic acids is 2. The maximum Gasteiger partial charge on any atom is 0.410 e. The van der Waals surface area contributed by atoms with Gasteiger partial charge in [0.15, 0.2) is 0 Å². The largest absolute Gasteiger partial charge is 0.444 e. The Morgan fingerprint density at radius 3 is 2.11 bits per heavy atom. The van der Waals surface area contributed by atoms with Crippen LogP contribution in [-0.4, -0.2) is 52.6 Å². The lowest BCUT2D eigenvalue weighted by molar-refractivity contribution is 0.0280. The molecule has 0 aromatic heterocycles. The van der Waals surface area contributed by atoms with Gasteiger partial charge in [-0.3, -0.25) is 4.90 Å². The third kappa shape index (κ3) is 5.35. The van der Waals surface area contributed by atoms with Gasteiger partial charge in [-0.05, 0) is 47.1 Å². The predicted octanol–water partition coefficient (Wildman–Crippen LogP) is 3.02. The first-order chi connectivity index (χ1) is 12.4. The molecule has 150 valence electrons. The first-order valence-corrected chi connectivity index (χ1v) is 9.05. The molecule has 1 fully saturated rings. The van der Waals surface area contributed by atoms with Gasteiger partial charge in [0.05, 0.1) is 12.6 Å².